The van der Waals surface area contributed by atoms with Gasteiger partial charge < -0.3 is 19.9 Å². The molecule has 1 unspecified atom stereocenters. The van der Waals surface area contributed by atoms with E-state index < -0.39 is 0 Å². The van der Waals surface area contributed by atoms with Crippen molar-refractivity contribution in [3.8, 4) is 17.2 Å². The fourth-order valence-corrected chi connectivity index (χ4v) is 2.29. The Morgan fingerprint density at radius 3 is 2.35 bits per heavy atom. The van der Waals surface area contributed by atoms with Gasteiger partial charge >= 0.3 is 0 Å². The summed E-state index contributed by atoms with van der Waals surface area (Å²) in [5.74, 6) is 1.49. The third kappa shape index (κ3) is 2.47. The van der Waals surface area contributed by atoms with Gasteiger partial charge in [0.2, 0.25) is 5.75 Å². The molecule has 0 aliphatic carbocycles. The molecule has 1 aliphatic rings. The number of piperidine rings is 1. The van der Waals surface area contributed by atoms with Gasteiger partial charge in [0.05, 0.1) is 14.2 Å². The lowest BCUT2D eigenvalue weighted by Gasteiger charge is -2.24. The summed E-state index contributed by atoms with van der Waals surface area (Å²) in [6, 6.07) is 3.80. The van der Waals surface area contributed by atoms with Gasteiger partial charge in [-0.3, -0.25) is 0 Å². The van der Waals surface area contributed by atoms with Gasteiger partial charge in [-0.1, -0.05) is 0 Å². The van der Waals surface area contributed by atoms with Crippen molar-refractivity contribution >= 4 is 0 Å². The molecule has 1 aromatic carbocycles. The highest BCUT2D eigenvalue weighted by Crippen LogP contribution is 2.40. The Bertz CT molecular complexity index is 361. The zero-order valence-corrected chi connectivity index (χ0v) is 10.3. The zero-order valence-electron chi connectivity index (χ0n) is 10.3. The summed E-state index contributed by atoms with van der Waals surface area (Å²) in [7, 11) is 3.11. The van der Waals surface area contributed by atoms with E-state index in [0.717, 1.165) is 25.1 Å². The van der Waals surface area contributed by atoms with Crippen LogP contribution in [0.2, 0.25) is 0 Å². The molecule has 2 rings (SSSR count). The van der Waals surface area contributed by atoms with E-state index in [4.69, 9.17) is 9.47 Å². The first-order valence-corrected chi connectivity index (χ1v) is 5.92. The molecule has 0 amide bonds. The summed E-state index contributed by atoms with van der Waals surface area (Å²) in [4.78, 5) is 0. The van der Waals surface area contributed by atoms with E-state index in [1.807, 2.05) is 12.1 Å². The Balaban J connectivity index is 2.33. The van der Waals surface area contributed by atoms with Crippen molar-refractivity contribution in [3.63, 3.8) is 0 Å². The molecule has 4 heteroatoms. The third-order valence-electron chi connectivity index (χ3n) is 3.27. The van der Waals surface area contributed by atoms with Crippen LogP contribution in [-0.4, -0.2) is 32.4 Å². The predicted molar refractivity (Wildman–Crippen MR) is 66.1 cm³/mol. The summed E-state index contributed by atoms with van der Waals surface area (Å²) >= 11 is 0. The fourth-order valence-electron chi connectivity index (χ4n) is 2.29. The highest BCUT2D eigenvalue weighted by molar-refractivity contribution is 5.53. The number of ether oxygens (including phenoxy) is 2. The molecule has 0 aromatic heterocycles. The number of nitrogens with one attached hydrogen (secondary N) is 1. The van der Waals surface area contributed by atoms with Gasteiger partial charge in [0.1, 0.15) is 0 Å². The molecule has 4 nitrogen and oxygen atoms in total. The van der Waals surface area contributed by atoms with Gasteiger partial charge in [-0.2, -0.15) is 0 Å². The zero-order chi connectivity index (χ0) is 12.3. The monoisotopic (exact) mass is 237 g/mol. The number of hydrogen-bond donors (Lipinski definition) is 2. The van der Waals surface area contributed by atoms with E-state index in [0.29, 0.717) is 17.4 Å². The van der Waals surface area contributed by atoms with Crippen LogP contribution in [0.4, 0.5) is 0 Å². The number of aromatic hydroxyl groups is 1. The normalized spacial score (nSPS) is 20.0. The van der Waals surface area contributed by atoms with Crippen LogP contribution in [0.1, 0.15) is 24.3 Å². The third-order valence-corrected chi connectivity index (χ3v) is 3.27. The topological polar surface area (TPSA) is 50.7 Å². The van der Waals surface area contributed by atoms with Gasteiger partial charge in [0.25, 0.3) is 0 Å². The molecule has 17 heavy (non-hydrogen) atoms. The van der Waals surface area contributed by atoms with Crippen LogP contribution in [0.25, 0.3) is 0 Å². The summed E-state index contributed by atoms with van der Waals surface area (Å²) in [5.41, 5.74) is 1.16. The van der Waals surface area contributed by atoms with Gasteiger partial charge in [-0.25, -0.2) is 0 Å². The van der Waals surface area contributed by atoms with Crippen LogP contribution in [0.3, 0.4) is 0 Å². The van der Waals surface area contributed by atoms with Crippen LogP contribution in [0.15, 0.2) is 12.1 Å². The minimum absolute atomic E-state index is 0.0718. The van der Waals surface area contributed by atoms with Crippen molar-refractivity contribution in [2.24, 2.45) is 0 Å². The first kappa shape index (κ1) is 12.0. The molecular formula is C13H19NO3. The molecule has 1 atom stereocenters. The maximum atomic E-state index is 9.85. The maximum absolute atomic E-state index is 9.85. The molecule has 1 aromatic rings. The average Bonchev–Trinajstić information content (AvgIpc) is 2.40. The summed E-state index contributed by atoms with van der Waals surface area (Å²) in [6.45, 7) is 2.06. The second-order valence-electron chi connectivity index (χ2n) is 4.32. The Morgan fingerprint density at radius 2 is 1.88 bits per heavy atom. The molecule has 0 bridgehead atoms. The first-order chi connectivity index (χ1) is 8.26. The molecular weight excluding hydrogens is 218 g/mol. The van der Waals surface area contributed by atoms with E-state index in [9.17, 15) is 5.11 Å². The number of hydrogen-bond acceptors (Lipinski definition) is 4. The van der Waals surface area contributed by atoms with E-state index in [-0.39, 0.29) is 5.75 Å². The fraction of sp³-hybridized carbons (Fsp3) is 0.538. The van der Waals surface area contributed by atoms with Gasteiger partial charge in [-0.05, 0) is 43.0 Å². The number of methoxy groups -OCH3 is 2. The van der Waals surface area contributed by atoms with Crippen molar-refractivity contribution in [2.75, 3.05) is 27.3 Å². The highest BCUT2D eigenvalue weighted by atomic mass is 16.5. The molecule has 94 valence electrons. The van der Waals surface area contributed by atoms with Crippen molar-refractivity contribution in [1.29, 1.82) is 0 Å². The minimum Gasteiger partial charge on any atom is -0.502 e. The minimum atomic E-state index is 0.0718. The molecule has 1 saturated heterocycles. The standard InChI is InChI=1S/C13H19NO3/c1-16-11-6-10(7-12(17-2)13(11)15)9-4-3-5-14-8-9/h6-7,9,14-15H,3-5,8H2,1-2H3. The molecule has 2 N–H and O–H groups in total. The Labute approximate surface area is 102 Å². The number of rotatable bonds is 3. The van der Waals surface area contributed by atoms with Crippen LogP contribution in [0.5, 0.6) is 17.2 Å². The van der Waals surface area contributed by atoms with Crippen molar-refractivity contribution in [2.45, 2.75) is 18.8 Å². The number of phenols is 1. The van der Waals surface area contributed by atoms with Crippen LogP contribution in [-0.2, 0) is 0 Å². The second-order valence-corrected chi connectivity index (χ2v) is 4.32. The molecule has 0 spiro atoms. The average molecular weight is 237 g/mol. The number of benzene rings is 1. The summed E-state index contributed by atoms with van der Waals surface area (Å²) in [6.07, 6.45) is 2.33. The van der Waals surface area contributed by atoms with Crippen molar-refractivity contribution < 1.29 is 14.6 Å². The van der Waals surface area contributed by atoms with Crippen LogP contribution < -0.4 is 14.8 Å². The molecule has 0 radical (unpaired) electrons. The van der Waals surface area contributed by atoms with Crippen LogP contribution in [0, 0.1) is 0 Å². The lowest BCUT2D eigenvalue weighted by molar-refractivity contribution is 0.337. The molecule has 1 aliphatic heterocycles. The predicted octanol–water partition coefficient (Wildman–Crippen LogP) is 1.88. The SMILES string of the molecule is COc1cc(C2CCCNC2)cc(OC)c1O. The van der Waals surface area contributed by atoms with Gasteiger partial charge in [0, 0.05) is 6.54 Å². The summed E-state index contributed by atoms with van der Waals surface area (Å²) in [5, 5.41) is 13.2. The van der Waals surface area contributed by atoms with Crippen molar-refractivity contribution in [1.82, 2.24) is 5.32 Å². The Kier molecular flexibility index (Phi) is 3.74. The summed E-state index contributed by atoms with van der Waals surface area (Å²) < 4.78 is 10.3. The first-order valence-electron chi connectivity index (χ1n) is 5.92. The van der Waals surface area contributed by atoms with E-state index >= 15 is 0 Å². The van der Waals surface area contributed by atoms with Crippen molar-refractivity contribution in [3.05, 3.63) is 17.7 Å². The Morgan fingerprint density at radius 1 is 1.24 bits per heavy atom. The quantitative estimate of drug-likeness (QED) is 0.842. The largest absolute Gasteiger partial charge is 0.502 e. The Hall–Kier alpha value is -1.42. The highest BCUT2D eigenvalue weighted by Gasteiger charge is 2.19. The molecule has 1 heterocycles. The molecule has 0 saturated carbocycles. The van der Waals surface area contributed by atoms with Gasteiger partial charge in [0.15, 0.2) is 11.5 Å². The number of phenolic OH excluding ortho intramolecular Hbond substituents is 1. The lowest BCUT2D eigenvalue weighted by atomic mass is 9.91. The van der Waals surface area contributed by atoms with E-state index in [1.165, 1.54) is 6.42 Å². The van der Waals surface area contributed by atoms with Crippen LogP contribution >= 0.6 is 0 Å². The smallest absolute Gasteiger partial charge is 0.200 e. The van der Waals surface area contributed by atoms with E-state index in [1.54, 1.807) is 14.2 Å². The second kappa shape index (κ2) is 5.27. The maximum Gasteiger partial charge on any atom is 0.200 e. The van der Waals surface area contributed by atoms with Gasteiger partial charge in [-0.15, -0.1) is 0 Å². The van der Waals surface area contributed by atoms with E-state index in [2.05, 4.69) is 5.32 Å². The molecule has 1 fully saturated rings. The lowest BCUT2D eigenvalue weighted by Crippen LogP contribution is -2.28.